The lowest BCUT2D eigenvalue weighted by Crippen LogP contribution is -2.48. The van der Waals surface area contributed by atoms with E-state index < -0.39 is 0 Å². The minimum atomic E-state index is 0. The Hall–Kier alpha value is -0.380. The Kier molecular flexibility index (Phi) is 10.0. The van der Waals surface area contributed by atoms with E-state index in [1.54, 1.807) is 11.3 Å². The number of hydrogen-bond donors (Lipinski definition) is 3. The monoisotopic (exact) mass is 438 g/mol. The van der Waals surface area contributed by atoms with E-state index in [-0.39, 0.29) is 30.6 Å². The van der Waals surface area contributed by atoms with Crippen molar-refractivity contribution < 1.29 is 5.11 Å². The minimum Gasteiger partial charge on any atom is -0.394 e. The van der Waals surface area contributed by atoms with Crippen molar-refractivity contribution >= 4 is 41.3 Å². The molecule has 0 bridgehead atoms. The average Bonchev–Trinajstić information content (AvgIpc) is 3.00. The number of hydrogen-bond acceptors (Lipinski definition) is 4. The molecule has 2 heterocycles. The highest BCUT2D eigenvalue weighted by Crippen LogP contribution is 2.15. The zero-order chi connectivity index (χ0) is 14.9. The third kappa shape index (κ3) is 6.80. The Morgan fingerprint density at radius 1 is 1.45 bits per heavy atom. The number of piperidine rings is 1. The van der Waals surface area contributed by atoms with Crippen molar-refractivity contribution in [3.05, 3.63) is 22.4 Å². The highest BCUT2D eigenvalue weighted by molar-refractivity contribution is 14.0. The number of likely N-dealkylation sites (tertiary alicyclic amines) is 1. The molecule has 0 saturated carbocycles. The molecule has 1 aromatic heterocycles. The fourth-order valence-corrected chi connectivity index (χ4v) is 3.21. The summed E-state index contributed by atoms with van der Waals surface area (Å²) in [4.78, 5) is 6.85. The Morgan fingerprint density at radius 3 is 2.82 bits per heavy atom. The van der Waals surface area contributed by atoms with Gasteiger partial charge in [0.1, 0.15) is 0 Å². The largest absolute Gasteiger partial charge is 0.394 e. The van der Waals surface area contributed by atoms with E-state index in [0.717, 1.165) is 45.0 Å². The Balaban J connectivity index is 0.00000242. The zero-order valence-electron chi connectivity index (χ0n) is 13.1. The van der Waals surface area contributed by atoms with Gasteiger partial charge in [0.15, 0.2) is 5.96 Å². The molecule has 5 nitrogen and oxygen atoms in total. The lowest BCUT2D eigenvalue weighted by atomic mass is 10.0. The van der Waals surface area contributed by atoms with Crippen LogP contribution >= 0.6 is 35.3 Å². The van der Waals surface area contributed by atoms with Crippen LogP contribution in [-0.4, -0.2) is 54.8 Å². The van der Waals surface area contributed by atoms with Crippen molar-refractivity contribution in [2.75, 3.05) is 32.8 Å². The molecule has 0 radical (unpaired) electrons. The quantitative estimate of drug-likeness (QED) is 0.361. The molecule has 0 aromatic carbocycles. The first-order valence-corrected chi connectivity index (χ1v) is 8.65. The van der Waals surface area contributed by atoms with Gasteiger partial charge in [0.2, 0.25) is 0 Å². The van der Waals surface area contributed by atoms with Gasteiger partial charge in [0, 0.05) is 32.2 Å². The highest BCUT2D eigenvalue weighted by atomic mass is 127. The lowest BCUT2D eigenvalue weighted by molar-refractivity contribution is 0.198. The number of halogens is 1. The van der Waals surface area contributed by atoms with Gasteiger partial charge < -0.3 is 15.7 Å². The molecule has 1 aromatic rings. The standard InChI is InChI=1S/C15H26N4OS.HI/c1-2-16-15(17-6-9-20)18-14-3-7-19(8-4-14)11-13-5-10-21-12-13;/h5,10,12,14,20H,2-4,6-9,11H2,1H3,(H2,16,17,18);1H. The Morgan fingerprint density at radius 2 is 2.23 bits per heavy atom. The third-order valence-corrected chi connectivity index (χ3v) is 4.36. The predicted octanol–water partition coefficient (Wildman–Crippen LogP) is 1.88. The molecule has 1 aliphatic heterocycles. The second kappa shape index (κ2) is 11.2. The predicted molar refractivity (Wildman–Crippen MR) is 104 cm³/mol. The van der Waals surface area contributed by atoms with Gasteiger partial charge in [-0.1, -0.05) is 0 Å². The molecule has 0 atom stereocenters. The summed E-state index contributed by atoms with van der Waals surface area (Å²) in [5.74, 6) is 0.822. The maximum Gasteiger partial charge on any atom is 0.191 e. The molecular weight excluding hydrogens is 411 g/mol. The van der Waals surface area contributed by atoms with Crippen LogP contribution in [0.15, 0.2) is 21.8 Å². The van der Waals surface area contributed by atoms with Gasteiger partial charge in [0.05, 0.1) is 13.2 Å². The van der Waals surface area contributed by atoms with Crippen LogP contribution in [0.5, 0.6) is 0 Å². The fourth-order valence-electron chi connectivity index (χ4n) is 2.55. The van der Waals surface area contributed by atoms with E-state index in [9.17, 15) is 0 Å². The van der Waals surface area contributed by atoms with E-state index in [2.05, 4.69) is 44.3 Å². The van der Waals surface area contributed by atoms with Gasteiger partial charge in [-0.3, -0.25) is 9.89 Å². The molecule has 126 valence electrons. The number of aliphatic imine (C=N–C) groups is 1. The van der Waals surface area contributed by atoms with E-state index in [1.807, 2.05) is 0 Å². The maximum atomic E-state index is 8.88. The van der Waals surface area contributed by atoms with Gasteiger partial charge in [-0.05, 0) is 42.2 Å². The first-order valence-electron chi connectivity index (χ1n) is 7.71. The van der Waals surface area contributed by atoms with Crippen LogP contribution in [0.1, 0.15) is 25.3 Å². The first kappa shape index (κ1) is 19.7. The molecule has 0 spiro atoms. The number of aliphatic hydroxyl groups is 1. The van der Waals surface area contributed by atoms with Crippen molar-refractivity contribution in [2.24, 2.45) is 4.99 Å². The zero-order valence-corrected chi connectivity index (χ0v) is 16.3. The van der Waals surface area contributed by atoms with Crippen LogP contribution in [0, 0.1) is 0 Å². The van der Waals surface area contributed by atoms with Crippen molar-refractivity contribution in [1.82, 2.24) is 15.5 Å². The minimum absolute atomic E-state index is 0. The summed E-state index contributed by atoms with van der Waals surface area (Å²) >= 11 is 1.77. The van der Waals surface area contributed by atoms with Gasteiger partial charge in [-0.15, -0.1) is 24.0 Å². The average molecular weight is 438 g/mol. The number of rotatable bonds is 6. The maximum absolute atomic E-state index is 8.88. The van der Waals surface area contributed by atoms with Crippen molar-refractivity contribution in [3.63, 3.8) is 0 Å². The van der Waals surface area contributed by atoms with E-state index >= 15 is 0 Å². The normalized spacial score (nSPS) is 17.1. The molecule has 1 saturated heterocycles. The summed E-state index contributed by atoms with van der Waals surface area (Å²) in [5, 5.41) is 20.0. The van der Waals surface area contributed by atoms with Crippen LogP contribution in [0.2, 0.25) is 0 Å². The van der Waals surface area contributed by atoms with Crippen molar-refractivity contribution in [2.45, 2.75) is 32.4 Å². The smallest absolute Gasteiger partial charge is 0.191 e. The van der Waals surface area contributed by atoms with Gasteiger partial charge in [-0.25, -0.2) is 0 Å². The lowest BCUT2D eigenvalue weighted by Gasteiger charge is -2.32. The first-order chi connectivity index (χ1) is 10.3. The molecule has 0 aliphatic carbocycles. The SMILES string of the molecule is CCNC(=NCCO)NC1CCN(Cc2ccsc2)CC1.I. The fraction of sp³-hybridized carbons (Fsp3) is 0.667. The molecule has 7 heteroatoms. The topological polar surface area (TPSA) is 59.9 Å². The summed E-state index contributed by atoms with van der Waals surface area (Å²) in [6.45, 7) is 6.74. The summed E-state index contributed by atoms with van der Waals surface area (Å²) in [5.41, 5.74) is 1.42. The Bertz CT molecular complexity index is 419. The summed E-state index contributed by atoms with van der Waals surface area (Å²) in [6.07, 6.45) is 2.27. The molecule has 1 fully saturated rings. The number of thiophene rings is 1. The Labute approximate surface area is 154 Å². The second-order valence-electron chi connectivity index (χ2n) is 5.31. The van der Waals surface area contributed by atoms with Crippen LogP contribution in [0.3, 0.4) is 0 Å². The number of aliphatic hydroxyl groups excluding tert-OH is 1. The van der Waals surface area contributed by atoms with E-state index in [1.165, 1.54) is 5.56 Å². The third-order valence-electron chi connectivity index (χ3n) is 3.63. The highest BCUT2D eigenvalue weighted by Gasteiger charge is 2.20. The summed E-state index contributed by atoms with van der Waals surface area (Å²) in [7, 11) is 0. The second-order valence-corrected chi connectivity index (χ2v) is 6.09. The van der Waals surface area contributed by atoms with Crippen LogP contribution in [0.4, 0.5) is 0 Å². The van der Waals surface area contributed by atoms with Gasteiger partial charge >= 0.3 is 0 Å². The summed E-state index contributed by atoms with van der Waals surface area (Å²) < 4.78 is 0. The van der Waals surface area contributed by atoms with E-state index in [0.29, 0.717) is 12.6 Å². The molecule has 22 heavy (non-hydrogen) atoms. The number of nitrogens with one attached hydrogen (secondary N) is 2. The molecular formula is C15H27IN4OS. The molecule has 1 aliphatic rings. The molecule has 0 amide bonds. The number of guanidine groups is 1. The molecule has 0 unspecified atom stereocenters. The molecule has 2 rings (SSSR count). The van der Waals surface area contributed by atoms with Crippen molar-refractivity contribution in [3.8, 4) is 0 Å². The van der Waals surface area contributed by atoms with Gasteiger partial charge in [-0.2, -0.15) is 11.3 Å². The van der Waals surface area contributed by atoms with Crippen molar-refractivity contribution in [1.29, 1.82) is 0 Å². The number of nitrogens with zero attached hydrogens (tertiary/aromatic N) is 2. The van der Waals surface area contributed by atoms with Crippen LogP contribution in [0.25, 0.3) is 0 Å². The van der Waals surface area contributed by atoms with Gasteiger partial charge in [0.25, 0.3) is 0 Å². The molecule has 3 N–H and O–H groups in total. The van der Waals surface area contributed by atoms with Crippen LogP contribution < -0.4 is 10.6 Å². The summed E-state index contributed by atoms with van der Waals surface area (Å²) in [6, 6.07) is 2.68. The van der Waals surface area contributed by atoms with E-state index in [4.69, 9.17) is 5.11 Å². The van der Waals surface area contributed by atoms with Crippen LogP contribution in [-0.2, 0) is 6.54 Å².